The standard InChI is InChI=1S/C10H8BrNS/c1-7-12-6-10(13-7)8-2-4-9(11)5-3-8/h2-6H,1H3. The van der Waals surface area contributed by atoms with Gasteiger partial charge in [0.05, 0.1) is 9.88 Å². The maximum atomic E-state index is 4.22. The highest BCUT2D eigenvalue weighted by Crippen LogP contribution is 2.26. The molecule has 0 N–H and O–H groups in total. The zero-order valence-corrected chi connectivity index (χ0v) is 9.52. The predicted molar refractivity (Wildman–Crippen MR) is 60.0 cm³/mol. The summed E-state index contributed by atoms with van der Waals surface area (Å²) >= 11 is 5.13. The molecule has 1 aromatic carbocycles. The van der Waals surface area contributed by atoms with Crippen LogP contribution >= 0.6 is 27.3 Å². The van der Waals surface area contributed by atoms with Crippen LogP contribution in [-0.4, -0.2) is 4.98 Å². The summed E-state index contributed by atoms with van der Waals surface area (Å²) in [4.78, 5) is 5.45. The second-order valence-corrected chi connectivity index (χ2v) is 4.90. The monoisotopic (exact) mass is 253 g/mol. The first-order chi connectivity index (χ1) is 6.25. The summed E-state index contributed by atoms with van der Waals surface area (Å²) in [7, 11) is 0. The van der Waals surface area contributed by atoms with Crippen molar-refractivity contribution < 1.29 is 0 Å². The van der Waals surface area contributed by atoms with Crippen LogP contribution in [0, 0.1) is 6.92 Å². The maximum Gasteiger partial charge on any atom is 0.0900 e. The van der Waals surface area contributed by atoms with E-state index in [0.717, 1.165) is 9.48 Å². The van der Waals surface area contributed by atoms with Crippen molar-refractivity contribution in [1.82, 2.24) is 4.98 Å². The number of aryl methyl sites for hydroxylation is 1. The lowest BCUT2D eigenvalue weighted by molar-refractivity contribution is 1.30. The zero-order valence-electron chi connectivity index (χ0n) is 7.12. The minimum Gasteiger partial charge on any atom is -0.249 e. The summed E-state index contributed by atoms with van der Waals surface area (Å²) in [6.07, 6.45) is 1.92. The molecule has 0 aliphatic rings. The van der Waals surface area contributed by atoms with E-state index in [-0.39, 0.29) is 0 Å². The van der Waals surface area contributed by atoms with Crippen LogP contribution in [0.25, 0.3) is 10.4 Å². The quantitative estimate of drug-likeness (QED) is 0.752. The Morgan fingerprint density at radius 1 is 1.23 bits per heavy atom. The van der Waals surface area contributed by atoms with Crippen LogP contribution in [-0.2, 0) is 0 Å². The normalized spacial score (nSPS) is 10.3. The summed E-state index contributed by atoms with van der Waals surface area (Å²) in [5.41, 5.74) is 1.23. The van der Waals surface area contributed by atoms with Gasteiger partial charge in [0.2, 0.25) is 0 Å². The van der Waals surface area contributed by atoms with E-state index in [0.29, 0.717) is 0 Å². The lowest BCUT2D eigenvalue weighted by Crippen LogP contribution is -1.70. The predicted octanol–water partition coefficient (Wildman–Crippen LogP) is 3.88. The fourth-order valence-electron chi connectivity index (χ4n) is 1.11. The molecule has 0 amide bonds. The van der Waals surface area contributed by atoms with E-state index in [1.165, 1.54) is 10.4 Å². The molecule has 1 heterocycles. The molecule has 0 aliphatic carbocycles. The van der Waals surface area contributed by atoms with Crippen molar-refractivity contribution in [1.29, 1.82) is 0 Å². The van der Waals surface area contributed by atoms with Gasteiger partial charge in [-0.2, -0.15) is 0 Å². The minimum atomic E-state index is 1.11. The van der Waals surface area contributed by atoms with E-state index in [1.54, 1.807) is 11.3 Å². The highest BCUT2D eigenvalue weighted by Gasteiger charge is 2.00. The Hall–Kier alpha value is -0.670. The van der Waals surface area contributed by atoms with Crippen LogP contribution in [0.15, 0.2) is 34.9 Å². The first-order valence-electron chi connectivity index (χ1n) is 3.94. The first kappa shape index (κ1) is 8.91. The molecule has 0 saturated heterocycles. The average Bonchev–Trinajstić information content (AvgIpc) is 2.53. The number of hydrogen-bond acceptors (Lipinski definition) is 2. The van der Waals surface area contributed by atoms with Gasteiger partial charge in [0.15, 0.2) is 0 Å². The van der Waals surface area contributed by atoms with E-state index in [2.05, 4.69) is 33.0 Å². The molecular formula is C10H8BrNS. The highest BCUT2D eigenvalue weighted by atomic mass is 79.9. The largest absolute Gasteiger partial charge is 0.249 e. The molecule has 1 aromatic heterocycles. The van der Waals surface area contributed by atoms with Crippen molar-refractivity contribution in [2.75, 3.05) is 0 Å². The van der Waals surface area contributed by atoms with E-state index in [9.17, 15) is 0 Å². The minimum absolute atomic E-state index is 1.11. The number of benzene rings is 1. The summed E-state index contributed by atoms with van der Waals surface area (Å²) in [6.45, 7) is 2.02. The van der Waals surface area contributed by atoms with E-state index in [1.807, 2.05) is 25.3 Å². The van der Waals surface area contributed by atoms with Crippen molar-refractivity contribution >= 4 is 27.3 Å². The second-order valence-electron chi connectivity index (χ2n) is 2.75. The van der Waals surface area contributed by atoms with Gasteiger partial charge >= 0.3 is 0 Å². The number of aromatic nitrogens is 1. The van der Waals surface area contributed by atoms with Gasteiger partial charge in [-0.1, -0.05) is 28.1 Å². The molecule has 0 spiro atoms. The summed E-state index contributed by atoms with van der Waals surface area (Å²) in [5.74, 6) is 0. The van der Waals surface area contributed by atoms with Gasteiger partial charge in [0, 0.05) is 10.7 Å². The van der Waals surface area contributed by atoms with Gasteiger partial charge in [-0.3, -0.25) is 0 Å². The number of nitrogens with zero attached hydrogens (tertiary/aromatic N) is 1. The molecule has 0 atom stereocenters. The Balaban J connectivity index is 2.41. The number of rotatable bonds is 1. The Morgan fingerprint density at radius 3 is 2.46 bits per heavy atom. The third-order valence-electron chi connectivity index (χ3n) is 1.75. The molecule has 3 heteroatoms. The molecule has 1 nitrogen and oxygen atoms in total. The molecule has 66 valence electrons. The third-order valence-corrected chi connectivity index (χ3v) is 3.24. The molecule has 13 heavy (non-hydrogen) atoms. The van der Waals surface area contributed by atoms with Gasteiger partial charge < -0.3 is 0 Å². The van der Waals surface area contributed by atoms with Crippen LogP contribution in [0.5, 0.6) is 0 Å². The van der Waals surface area contributed by atoms with Crippen LogP contribution in [0.1, 0.15) is 5.01 Å². The summed E-state index contributed by atoms with van der Waals surface area (Å²) in [6, 6.07) is 8.28. The smallest absolute Gasteiger partial charge is 0.0900 e. The molecule has 0 unspecified atom stereocenters. The van der Waals surface area contributed by atoms with E-state index >= 15 is 0 Å². The fraction of sp³-hybridized carbons (Fsp3) is 0.100. The highest BCUT2D eigenvalue weighted by molar-refractivity contribution is 9.10. The molecule has 2 rings (SSSR count). The Kier molecular flexibility index (Phi) is 2.47. The second kappa shape index (κ2) is 3.60. The Labute approximate surface area is 89.6 Å². The Bertz CT molecular complexity index is 405. The van der Waals surface area contributed by atoms with Crippen molar-refractivity contribution in [3.63, 3.8) is 0 Å². The average molecular weight is 254 g/mol. The van der Waals surface area contributed by atoms with Crippen LogP contribution in [0.4, 0.5) is 0 Å². The van der Waals surface area contributed by atoms with Gasteiger partial charge in [0.1, 0.15) is 0 Å². The number of thiazole rings is 1. The Morgan fingerprint density at radius 2 is 1.92 bits per heavy atom. The van der Waals surface area contributed by atoms with E-state index in [4.69, 9.17) is 0 Å². The summed E-state index contributed by atoms with van der Waals surface area (Å²) < 4.78 is 1.11. The van der Waals surface area contributed by atoms with Crippen molar-refractivity contribution in [3.05, 3.63) is 39.9 Å². The lowest BCUT2D eigenvalue weighted by Gasteiger charge is -1.95. The zero-order chi connectivity index (χ0) is 9.26. The lowest BCUT2D eigenvalue weighted by atomic mass is 10.2. The third kappa shape index (κ3) is 1.98. The van der Waals surface area contributed by atoms with Gasteiger partial charge in [-0.25, -0.2) is 4.98 Å². The molecule has 0 bridgehead atoms. The van der Waals surface area contributed by atoms with Gasteiger partial charge in [-0.05, 0) is 24.6 Å². The van der Waals surface area contributed by atoms with Crippen molar-refractivity contribution in [2.45, 2.75) is 6.92 Å². The fourth-order valence-corrected chi connectivity index (χ4v) is 2.16. The number of halogens is 1. The molecule has 0 fully saturated rings. The van der Waals surface area contributed by atoms with Crippen LogP contribution in [0.3, 0.4) is 0 Å². The molecule has 2 aromatic rings. The van der Waals surface area contributed by atoms with Gasteiger partial charge in [0.25, 0.3) is 0 Å². The molecule has 0 aliphatic heterocycles. The topological polar surface area (TPSA) is 12.9 Å². The first-order valence-corrected chi connectivity index (χ1v) is 5.55. The van der Waals surface area contributed by atoms with Crippen molar-refractivity contribution in [2.24, 2.45) is 0 Å². The van der Waals surface area contributed by atoms with Crippen molar-refractivity contribution in [3.8, 4) is 10.4 Å². The molecule has 0 radical (unpaired) electrons. The SMILES string of the molecule is Cc1ncc(-c2ccc(Br)cc2)s1. The molecular weight excluding hydrogens is 246 g/mol. The van der Waals surface area contributed by atoms with Gasteiger partial charge in [-0.15, -0.1) is 11.3 Å². The van der Waals surface area contributed by atoms with Crippen LogP contribution < -0.4 is 0 Å². The summed E-state index contributed by atoms with van der Waals surface area (Å²) in [5, 5.41) is 1.11. The van der Waals surface area contributed by atoms with Crippen LogP contribution in [0.2, 0.25) is 0 Å². The maximum absolute atomic E-state index is 4.22. The number of hydrogen-bond donors (Lipinski definition) is 0. The molecule has 0 saturated carbocycles. The van der Waals surface area contributed by atoms with E-state index < -0.39 is 0 Å².